The van der Waals surface area contributed by atoms with E-state index in [9.17, 15) is 5.26 Å². The molecule has 3 nitrogen and oxygen atoms in total. The Balaban J connectivity index is 1.64. The minimum atomic E-state index is 0.397. The molecule has 6 aromatic rings. The van der Waals surface area contributed by atoms with Crippen molar-refractivity contribution in [1.29, 1.82) is 5.26 Å². The number of hydrogen-bond acceptors (Lipinski definition) is 2. The molecule has 0 aliphatic heterocycles. The van der Waals surface area contributed by atoms with Crippen molar-refractivity contribution >= 4 is 38.9 Å². The molecule has 0 atom stereocenters. The van der Waals surface area contributed by atoms with Gasteiger partial charge >= 0.3 is 0 Å². The second-order valence-electron chi connectivity index (χ2n) is 8.57. The number of nitrogens with zero attached hydrogens (tertiary/aromatic N) is 3. The molecule has 0 spiro atoms. The zero-order chi connectivity index (χ0) is 23.6. The molecule has 0 radical (unpaired) electrons. The van der Waals surface area contributed by atoms with Gasteiger partial charge < -0.3 is 9.47 Å². The minimum Gasteiger partial charge on any atom is -0.310 e. The fraction of sp³-hybridized carbons (Fsp3) is 0.0312. The van der Waals surface area contributed by atoms with Crippen molar-refractivity contribution in [3.8, 4) is 11.8 Å². The van der Waals surface area contributed by atoms with Gasteiger partial charge in [-0.3, -0.25) is 0 Å². The SMILES string of the molecule is N#CCc1ccc2c(c1)c1cc(N(c3ccccc3)c3ccccc3)ccc1n2-c1ccccc1. The van der Waals surface area contributed by atoms with E-state index in [-0.39, 0.29) is 0 Å². The van der Waals surface area contributed by atoms with Gasteiger partial charge in [-0.25, -0.2) is 0 Å². The fourth-order valence-corrected chi connectivity index (χ4v) is 4.86. The molecule has 0 bridgehead atoms. The summed E-state index contributed by atoms with van der Waals surface area (Å²) in [5, 5.41) is 11.6. The predicted octanol–water partition coefficient (Wildman–Crippen LogP) is 8.32. The van der Waals surface area contributed by atoms with E-state index in [4.69, 9.17) is 0 Å². The van der Waals surface area contributed by atoms with Crippen molar-refractivity contribution < 1.29 is 0 Å². The molecule has 0 aliphatic carbocycles. The number of anilines is 3. The number of para-hydroxylation sites is 3. The molecule has 1 aromatic heterocycles. The highest BCUT2D eigenvalue weighted by Crippen LogP contribution is 2.39. The first-order valence-electron chi connectivity index (χ1n) is 11.7. The quantitative estimate of drug-likeness (QED) is 0.265. The summed E-state index contributed by atoms with van der Waals surface area (Å²) in [5.74, 6) is 0. The van der Waals surface area contributed by atoms with Crippen LogP contribution in [0.15, 0.2) is 127 Å². The molecule has 3 heteroatoms. The third-order valence-electron chi connectivity index (χ3n) is 6.40. The van der Waals surface area contributed by atoms with Crippen LogP contribution in [-0.4, -0.2) is 4.57 Å². The maximum atomic E-state index is 9.30. The van der Waals surface area contributed by atoms with Gasteiger partial charge in [0.2, 0.25) is 0 Å². The molecule has 0 saturated carbocycles. The Bertz CT molecular complexity index is 1620. The first-order chi connectivity index (χ1) is 17.3. The van der Waals surface area contributed by atoms with Crippen molar-refractivity contribution in [2.24, 2.45) is 0 Å². The average Bonchev–Trinajstić information content (AvgIpc) is 3.24. The Morgan fingerprint density at radius 1 is 0.571 bits per heavy atom. The summed E-state index contributed by atoms with van der Waals surface area (Å²) in [6, 6.07) is 46.7. The molecule has 1 heterocycles. The normalized spacial score (nSPS) is 10.9. The van der Waals surface area contributed by atoms with Crippen LogP contribution in [0.4, 0.5) is 17.1 Å². The highest BCUT2D eigenvalue weighted by atomic mass is 15.1. The van der Waals surface area contributed by atoms with Gasteiger partial charge in [-0.15, -0.1) is 0 Å². The minimum absolute atomic E-state index is 0.397. The van der Waals surface area contributed by atoms with Crippen LogP contribution in [0.2, 0.25) is 0 Å². The number of rotatable bonds is 5. The number of hydrogen-bond donors (Lipinski definition) is 0. The maximum absolute atomic E-state index is 9.30. The molecule has 0 fully saturated rings. The summed E-state index contributed by atoms with van der Waals surface area (Å²) in [4.78, 5) is 2.28. The van der Waals surface area contributed by atoms with Gasteiger partial charge in [0.1, 0.15) is 0 Å². The third kappa shape index (κ3) is 3.72. The van der Waals surface area contributed by atoms with E-state index in [0.717, 1.165) is 50.1 Å². The standard InChI is InChI=1S/C32H23N3/c33-21-20-24-16-18-31-29(22-24)30-23-28(17-19-32(30)35(31)27-14-8-3-9-15-27)34(25-10-4-1-5-11-25)26-12-6-2-7-13-26/h1-19,22-23H,20H2. The highest BCUT2D eigenvalue weighted by molar-refractivity contribution is 6.11. The molecule has 6 rings (SSSR count). The largest absolute Gasteiger partial charge is 0.310 e. The average molecular weight is 450 g/mol. The van der Waals surface area contributed by atoms with Crippen molar-refractivity contribution in [2.75, 3.05) is 4.90 Å². The Morgan fingerprint density at radius 3 is 1.71 bits per heavy atom. The van der Waals surface area contributed by atoms with Crippen LogP contribution in [0.3, 0.4) is 0 Å². The van der Waals surface area contributed by atoms with E-state index < -0.39 is 0 Å². The van der Waals surface area contributed by atoms with Crippen LogP contribution in [0.5, 0.6) is 0 Å². The van der Waals surface area contributed by atoms with Crippen LogP contribution in [0.1, 0.15) is 5.56 Å². The lowest BCUT2D eigenvalue weighted by atomic mass is 10.1. The van der Waals surface area contributed by atoms with Crippen LogP contribution in [0, 0.1) is 11.3 Å². The summed E-state index contributed by atoms with van der Waals surface area (Å²) >= 11 is 0. The van der Waals surface area contributed by atoms with Gasteiger partial charge in [-0.05, 0) is 72.3 Å². The van der Waals surface area contributed by atoms with Crippen molar-refractivity contribution in [3.05, 3.63) is 133 Å². The maximum Gasteiger partial charge on any atom is 0.0669 e. The Hall–Kier alpha value is -4.81. The van der Waals surface area contributed by atoms with Crippen molar-refractivity contribution in [2.45, 2.75) is 6.42 Å². The number of fused-ring (bicyclic) bond motifs is 3. The van der Waals surface area contributed by atoms with Gasteiger partial charge in [0.25, 0.3) is 0 Å². The Labute approximate surface area is 204 Å². The van der Waals surface area contributed by atoms with E-state index in [1.165, 1.54) is 0 Å². The van der Waals surface area contributed by atoms with Crippen molar-refractivity contribution in [1.82, 2.24) is 4.57 Å². The second-order valence-corrected chi connectivity index (χ2v) is 8.57. The smallest absolute Gasteiger partial charge is 0.0669 e. The van der Waals surface area contributed by atoms with Crippen LogP contribution in [-0.2, 0) is 6.42 Å². The monoisotopic (exact) mass is 449 g/mol. The Morgan fingerprint density at radius 2 is 1.11 bits per heavy atom. The first-order valence-corrected chi connectivity index (χ1v) is 11.7. The molecule has 0 saturated heterocycles. The predicted molar refractivity (Wildman–Crippen MR) is 145 cm³/mol. The molecule has 35 heavy (non-hydrogen) atoms. The first kappa shape index (κ1) is 20.8. The van der Waals surface area contributed by atoms with Crippen LogP contribution < -0.4 is 4.90 Å². The lowest BCUT2D eigenvalue weighted by Gasteiger charge is -2.25. The van der Waals surface area contributed by atoms with Gasteiger partial charge in [0.05, 0.1) is 23.5 Å². The Kier molecular flexibility index (Phi) is 5.25. The molecular weight excluding hydrogens is 426 g/mol. The van der Waals surface area contributed by atoms with E-state index in [1.54, 1.807) is 0 Å². The number of benzene rings is 5. The summed E-state index contributed by atoms with van der Waals surface area (Å²) in [6.07, 6.45) is 0.397. The molecule has 5 aromatic carbocycles. The lowest BCUT2D eigenvalue weighted by Crippen LogP contribution is -2.09. The third-order valence-corrected chi connectivity index (χ3v) is 6.40. The van der Waals surface area contributed by atoms with Gasteiger partial charge in [0.15, 0.2) is 0 Å². The van der Waals surface area contributed by atoms with E-state index in [2.05, 4.69) is 125 Å². The van der Waals surface area contributed by atoms with Gasteiger partial charge in [-0.2, -0.15) is 5.26 Å². The topological polar surface area (TPSA) is 32.0 Å². The molecular formula is C32H23N3. The molecule has 166 valence electrons. The summed E-state index contributed by atoms with van der Waals surface area (Å²) in [7, 11) is 0. The molecule has 0 unspecified atom stereocenters. The van der Waals surface area contributed by atoms with E-state index in [1.807, 2.05) is 18.2 Å². The molecule has 0 amide bonds. The highest BCUT2D eigenvalue weighted by Gasteiger charge is 2.17. The van der Waals surface area contributed by atoms with Gasteiger partial charge in [-0.1, -0.05) is 60.7 Å². The summed E-state index contributed by atoms with van der Waals surface area (Å²) in [6.45, 7) is 0. The van der Waals surface area contributed by atoms with Crippen LogP contribution >= 0.6 is 0 Å². The van der Waals surface area contributed by atoms with E-state index in [0.29, 0.717) is 6.42 Å². The van der Waals surface area contributed by atoms with Gasteiger partial charge in [0, 0.05) is 33.5 Å². The number of nitriles is 1. The van der Waals surface area contributed by atoms with E-state index >= 15 is 0 Å². The summed E-state index contributed by atoms with van der Waals surface area (Å²) in [5.41, 5.74) is 7.73. The fourth-order valence-electron chi connectivity index (χ4n) is 4.86. The lowest BCUT2D eigenvalue weighted by molar-refractivity contribution is 1.17. The molecule has 0 N–H and O–H groups in total. The van der Waals surface area contributed by atoms with Crippen LogP contribution in [0.25, 0.3) is 27.5 Å². The summed E-state index contributed by atoms with van der Waals surface area (Å²) < 4.78 is 2.31. The number of aromatic nitrogens is 1. The zero-order valence-electron chi connectivity index (χ0n) is 19.2. The molecule has 0 aliphatic rings. The van der Waals surface area contributed by atoms with Crippen molar-refractivity contribution in [3.63, 3.8) is 0 Å². The zero-order valence-corrected chi connectivity index (χ0v) is 19.2. The second kappa shape index (κ2) is 8.85.